The van der Waals surface area contributed by atoms with Gasteiger partial charge < -0.3 is 14.4 Å². The van der Waals surface area contributed by atoms with Gasteiger partial charge >= 0.3 is 5.97 Å². The zero-order valence-corrected chi connectivity index (χ0v) is 10.8. The lowest BCUT2D eigenvalue weighted by Crippen LogP contribution is -2.33. The summed E-state index contributed by atoms with van der Waals surface area (Å²) in [6.45, 7) is 3.21. The average Bonchev–Trinajstić information content (AvgIpc) is 2.74. The Balaban J connectivity index is 2.33. The Kier molecular flexibility index (Phi) is 3.72. The van der Waals surface area contributed by atoms with E-state index in [1.165, 1.54) is 6.07 Å². The lowest BCUT2D eigenvalue weighted by atomic mass is 10.0. The molecule has 1 aromatic heterocycles. The Morgan fingerprint density at radius 3 is 3.11 bits per heavy atom. The molecule has 0 spiro atoms. The Labute approximate surface area is 108 Å². The van der Waals surface area contributed by atoms with Crippen LogP contribution < -0.4 is 5.56 Å². The smallest absolute Gasteiger partial charge is 0.313 e. The molecule has 1 aliphatic rings. The van der Waals surface area contributed by atoms with E-state index in [1.54, 1.807) is 6.20 Å². The van der Waals surface area contributed by atoms with E-state index >= 15 is 0 Å². The van der Waals surface area contributed by atoms with Crippen molar-refractivity contribution in [1.82, 2.24) is 9.55 Å². The Morgan fingerprint density at radius 2 is 2.50 bits per heavy atom. The van der Waals surface area contributed by atoms with E-state index in [1.807, 2.05) is 11.5 Å². The van der Waals surface area contributed by atoms with Crippen LogP contribution in [0.15, 0.2) is 22.2 Å². The third kappa shape index (κ3) is 2.73. The molecule has 6 nitrogen and oxygen atoms in total. The van der Waals surface area contributed by atoms with Gasteiger partial charge in [-0.3, -0.25) is 9.59 Å². The predicted octanol–water partition coefficient (Wildman–Crippen LogP) is 0.555. The largest absolute Gasteiger partial charge is 0.481 e. The van der Waals surface area contributed by atoms with Crippen LogP contribution in [0.25, 0.3) is 0 Å². The maximum Gasteiger partial charge on any atom is 0.313 e. The number of carboxylic acids is 1. The second kappa shape index (κ2) is 5.11. The fourth-order valence-corrected chi connectivity index (χ4v) is 2.70. The highest BCUT2D eigenvalue weighted by Crippen LogP contribution is 2.30. The van der Waals surface area contributed by atoms with Crippen LogP contribution in [0.1, 0.15) is 13.3 Å². The normalized spacial score (nSPS) is 23.2. The van der Waals surface area contributed by atoms with Gasteiger partial charge in [-0.25, -0.2) is 0 Å². The van der Waals surface area contributed by atoms with Gasteiger partial charge in [-0.2, -0.15) is 4.98 Å². The molecular formula is C11H14N2O4S. The molecule has 18 heavy (non-hydrogen) atoms. The first-order chi connectivity index (χ1) is 8.51. The topological polar surface area (TPSA) is 81.4 Å². The van der Waals surface area contributed by atoms with E-state index in [0.717, 1.165) is 18.2 Å². The van der Waals surface area contributed by atoms with Crippen LogP contribution in [0.3, 0.4) is 0 Å². The SMILES string of the molecule is CC1(n2ccc(=O)nc2SCC(=O)O)CCOC1. The summed E-state index contributed by atoms with van der Waals surface area (Å²) in [7, 11) is 0. The minimum Gasteiger partial charge on any atom is -0.481 e. The zero-order valence-electron chi connectivity index (χ0n) is 9.96. The number of aliphatic carboxylic acids is 1. The molecule has 0 amide bonds. The molecule has 0 radical (unpaired) electrons. The summed E-state index contributed by atoms with van der Waals surface area (Å²) in [5, 5.41) is 9.13. The first-order valence-electron chi connectivity index (χ1n) is 5.54. The van der Waals surface area contributed by atoms with Crippen LogP contribution in [0.5, 0.6) is 0 Å². The second-order valence-electron chi connectivity index (χ2n) is 4.40. The molecule has 0 aliphatic carbocycles. The van der Waals surface area contributed by atoms with Crippen molar-refractivity contribution in [2.45, 2.75) is 24.0 Å². The van der Waals surface area contributed by atoms with Crippen molar-refractivity contribution in [1.29, 1.82) is 0 Å². The summed E-state index contributed by atoms with van der Waals surface area (Å²) in [4.78, 5) is 25.8. The number of nitrogens with zero attached hydrogens (tertiary/aromatic N) is 2. The minimum atomic E-state index is -0.933. The third-order valence-electron chi connectivity index (χ3n) is 2.88. The highest BCUT2D eigenvalue weighted by Gasteiger charge is 2.33. The highest BCUT2D eigenvalue weighted by atomic mass is 32.2. The Bertz CT molecular complexity index is 508. The summed E-state index contributed by atoms with van der Waals surface area (Å²) in [6.07, 6.45) is 2.48. The molecule has 7 heteroatoms. The highest BCUT2D eigenvalue weighted by molar-refractivity contribution is 7.99. The van der Waals surface area contributed by atoms with Crippen LogP contribution in [0.4, 0.5) is 0 Å². The number of hydrogen-bond donors (Lipinski definition) is 1. The maximum atomic E-state index is 11.3. The molecule has 98 valence electrons. The van der Waals surface area contributed by atoms with Gasteiger partial charge in [0.1, 0.15) is 0 Å². The summed E-state index contributed by atoms with van der Waals surface area (Å²) in [6, 6.07) is 1.38. The van der Waals surface area contributed by atoms with Crippen LogP contribution in [0, 0.1) is 0 Å². The lowest BCUT2D eigenvalue weighted by Gasteiger charge is -2.27. The molecule has 1 N–H and O–H groups in total. The van der Waals surface area contributed by atoms with E-state index in [4.69, 9.17) is 9.84 Å². The number of carbonyl (C=O) groups is 1. The maximum absolute atomic E-state index is 11.3. The first kappa shape index (κ1) is 13.1. The van der Waals surface area contributed by atoms with Gasteiger partial charge in [0.2, 0.25) is 0 Å². The van der Waals surface area contributed by atoms with Gasteiger partial charge in [0.05, 0.1) is 17.9 Å². The fourth-order valence-electron chi connectivity index (χ4n) is 1.87. The standard InChI is InChI=1S/C11H14N2O4S/c1-11(3-5-17-7-11)13-4-2-8(14)12-10(13)18-6-9(15)16/h2,4H,3,5-7H2,1H3,(H,15,16). The number of aromatic nitrogens is 2. The summed E-state index contributed by atoms with van der Waals surface area (Å²) in [5.41, 5.74) is -0.622. The van der Waals surface area contributed by atoms with Crippen molar-refractivity contribution >= 4 is 17.7 Å². The molecule has 1 saturated heterocycles. The van der Waals surface area contributed by atoms with Crippen LogP contribution in [-0.2, 0) is 15.1 Å². The van der Waals surface area contributed by atoms with Gasteiger partial charge in [-0.05, 0) is 13.3 Å². The summed E-state index contributed by atoms with van der Waals surface area (Å²) < 4.78 is 7.22. The summed E-state index contributed by atoms with van der Waals surface area (Å²) >= 11 is 1.05. The number of rotatable bonds is 4. The van der Waals surface area contributed by atoms with E-state index < -0.39 is 5.97 Å². The predicted molar refractivity (Wildman–Crippen MR) is 65.9 cm³/mol. The zero-order chi connectivity index (χ0) is 13.2. The van der Waals surface area contributed by atoms with E-state index in [-0.39, 0.29) is 16.9 Å². The minimum absolute atomic E-state index is 0.118. The molecule has 0 bridgehead atoms. The molecule has 0 saturated carbocycles. The van der Waals surface area contributed by atoms with Crippen molar-refractivity contribution < 1.29 is 14.6 Å². The number of ether oxygens (including phenoxy) is 1. The van der Waals surface area contributed by atoms with E-state index in [2.05, 4.69) is 4.98 Å². The van der Waals surface area contributed by atoms with Crippen molar-refractivity contribution in [3.63, 3.8) is 0 Å². The lowest BCUT2D eigenvalue weighted by molar-refractivity contribution is -0.133. The summed E-state index contributed by atoms with van der Waals surface area (Å²) in [5.74, 6) is -1.05. The molecule has 1 atom stereocenters. The first-order valence-corrected chi connectivity index (χ1v) is 6.52. The van der Waals surface area contributed by atoms with Crippen molar-refractivity contribution in [2.24, 2.45) is 0 Å². The molecule has 1 aliphatic heterocycles. The Hall–Kier alpha value is -1.34. The molecule has 1 aromatic rings. The van der Waals surface area contributed by atoms with E-state index in [9.17, 15) is 9.59 Å². The van der Waals surface area contributed by atoms with Crippen molar-refractivity contribution in [3.8, 4) is 0 Å². The van der Waals surface area contributed by atoms with Gasteiger partial charge in [-0.15, -0.1) is 0 Å². The molecule has 2 heterocycles. The molecule has 1 unspecified atom stereocenters. The van der Waals surface area contributed by atoms with E-state index in [0.29, 0.717) is 18.4 Å². The quantitative estimate of drug-likeness (QED) is 0.636. The van der Waals surface area contributed by atoms with Gasteiger partial charge in [0.15, 0.2) is 5.16 Å². The third-order valence-corrected chi connectivity index (χ3v) is 3.82. The van der Waals surface area contributed by atoms with Gasteiger partial charge in [-0.1, -0.05) is 11.8 Å². The molecule has 1 fully saturated rings. The number of thioether (sulfide) groups is 1. The van der Waals surface area contributed by atoms with Gasteiger partial charge in [0.25, 0.3) is 5.56 Å². The Morgan fingerprint density at radius 1 is 1.72 bits per heavy atom. The van der Waals surface area contributed by atoms with Crippen molar-refractivity contribution in [2.75, 3.05) is 19.0 Å². The molecule has 2 rings (SSSR count). The number of hydrogen-bond acceptors (Lipinski definition) is 5. The fraction of sp³-hybridized carbons (Fsp3) is 0.545. The van der Waals surface area contributed by atoms with Crippen LogP contribution in [-0.4, -0.2) is 39.6 Å². The van der Waals surface area contributed by atoms with Crippen molar-refractivity contribution in [3.05, 3.63) is 22.6 Å². The van der Waals surface area contributed by atoms with Crippen LogP contribution >= 0.6 is 11.8 Å². The monoisotopic (exact) mass is 270 g/mol. The molecular weight excluding hydrogens is 256 g/mol. The average molecular weight is 270 g/mol. The molecule has 0 aromatic carbocycles. The second-order valence-corrected chi connectivity index (χ2v) is 5.34. The number of carboxylic acid groups (broad SMARTS) is 1. The van der Waals surface area contributed by atoms with Gasteiger partial charge in [0, 0.05) is 18.9 Å². The van der Waals surface area contributed by atoms with Crippen LogP contribution in [0.2, 0.25) is 0 Å².